The number of hydrogen-bond donors (Lipinski definition) is 0. The zero-order valence-corrected chi connectivity index (χ0v) is 21.2. The number of amides is 1. The van der Waals surface area contributed by atoms with Crippen LogP contribution in [0.3, 0.4) is 0 Å². The third-order valence-corrected chi connectivity index (χ3v) is 7.69. The summed E-state index contributed by atoms with van der Waals surface area (Å²) in [7, 11) is 2.11. The van der Waals surface area contributed by atoms with Crippen molar-refractivity contribution in [3.63, 3.8) is 0 Å². The van der Waals surface area contributed by atoms with E-state index in [0.717, 1.165) is 69.0 Å². The molecule has 0 N–H and O–H groups in total. The second kappa shape index (κ2) is 9.43. The van der Waals surface area contributed by atoms with Gasteiger partial charge in [0.05, 0.1) is 5.52 Å². The van der Waals surface area contributed by atoms with Crippen LogP contribution in [0, 0.1) is 6.92 Å². The Balaban J connectivity index is 1.45. The summed E-state index contributed by atoms with van der Waals surface area (Å²) in [5, 5.41) is 1.09. The van der Waals surface area contributed by atoms with E-state index >= 15 is 0 Å². The van der Waals surface area contributed by atoms with Crippen molar-refractivity contribution in [1.29, 1.82) is 0 Å². The number of carbonyl (C=O) groups is 1. The first-order chi connectivity index (χ1) is 17.6. The summed E-state index contributed by atoms with van der Waals surface area (Å²) >= 11 is 0. The minimum atomic E-state index is 0.0390. The number of pyridine rings is 1. The summed E-state index contributed by atoms with van der Waals surface area (Å²) in [5.41, 5.74) is 6.85. The Morgan fingerprint density at radius 2 is 1.61 bits per heavy atom. The van der Waals surface area contributed by atoms with Gasteiger partial charge in [0.1, 0.15) is 5.69 Å². The van der Waals surface area contributed by atoms with E-state index in [4.69, 9.17) is 4.98 Å². The Morgan fingerprint density at radius 1 is 0.889 bits per heavy atom. The number of rotatable bonds is 4. The molecule has 4 heterocycles. The molecule has 0 spiro atoms. The van der Waals surface area contributed by atoms with Crippen LogP contribution in [0.5, 0.6) is 0 Å². The molecule has 0 atom stereocenters. The first kappa shape index (κ1) is 22.8. The van der Waals surface area contributed by atoms with Crippen LogP contribution in [0.2, 0.25) is 0 Å². The number of hydrogen-bond acceptors (Lipinski definition) is 4. The van der Waals surface area contributed by atoms with Gasteiger partial charge < -0.3 is 19.3 Å². The molecule has 0 radical (unpaired) electrons. The molecule has 6 heteroatoms. The minimum Gasteiger partial charge on any atom is -0.350 e. The third kappa shape index (κ3) is 4.26. The van der Waals surface area contributed by atoms with E-state index in [2.05, 4.69) is 89.0 Å². The van der Waals surface area contributed by atoms with Crippen LogP contribution in [0.1, 0.15) is 32.9 Å². The fourth-order valence-corrected chi connectivity index (χ4v) is 5.56. The van der Waals surface area contributed by atoms with Crippen molar-refractivity contribution >= 4 is 22.6 Å². The summed E-state index contributed by atoms with van der Waals surface area (Å²) in [6.45, 7) is 7.92. The fraction of sp³-hybridized carbons (Fsp3) is 0.333. The highest BCUT2D eigenvalue weighted by atomic mass is 16.2. The molecule has 1 amide bonds. The molecule has 1 fully saturated rings. The molecule has 36 heavy (non-hydrogen) atoms. The van der Waals surface area contributed by atoms with Gasteiger partial charge >= 0.3 is 0 Å². The molecule has 0 aliphatic carbocycles. The second-order valence-electron chi connectivity index (χ2n) is 10.2. The standard InChI is InChI=1S/C30H33N5O/c1-22-18-26-19-27(30(36)33-16-14-32(2)15-17-33)31-29(28(26)35(22)20-23-8-4-3-5-9-23)34-13-12-24-10-6-7-11-25(24)21-34/h3-11,18-19H,12-17,20-21H2,1-2H3. The SMILES string of the molecule is Cc1cc2cc(C(=O)N3CCN(C)CC3)nc(N3CCc4ccccc4C3)c2n1Cc1ccccc1. The molecule has 6 rings (SSSR count). The molecule has 2 aromatic carbocycles. The van der Waals surface area contributed by atoms with Crippen LogP contribution in [0.25, 0.3) is 10.9 Å². The maximum absolute atomic E-state index is 13.6. The summed E-state index contributed by atoms with van der Waals surface area (Å²) in [6, 6.07) is 23.5. The van der Waals surface area contributed by atoms with Crippen LogP contribution in [-0.4, -0.2) is 65.0 Å². The summed E-state index contributed by atoms with van der Waals surface area (Å²) < 4.78 is 2.36. The summed E-state index contributed by atoms with van der Waals surface area (Å²) in [5.74, 6) is 0.959. The van der Waals surface area contributed by atoms with E-state index < -0.39 is 0 Å². The highest BCUT2D eigenvalue weighted by Crippen LogP contribution is 2.33. The molecular weight excluding hydrogens is 446 g/mol. The average Bonchev–Trinajstić information content (AvgIpc) is 3.23. The Kier molecular flexibility index (Phi) is 5.97. The van der Waals surface area contributed by atoms with Gasteiger partial charge in [-0.3, -0.25) is 4.79 Å². The number of likely N-dealkylation sites (N-methyl/N-ethyl adjacent to an activating group) is 1. The molecule has 2 aliphatic rings. The normalized spacial score (nSPS) is 16.4. The zero-order chi connectivity index (χ0) is 24.6. The number of piperazine rings is 1. The molecule has 1 saturated heterocycles. The molecule has 6 nitrogen and oxygen atoms in total. The van der Waals surface area contributed by atoms with Crippen LogP contribution in [0.4, 0.5) is 5.82 Å². The molecule has 4 aromatic rings. The molecular formula is C30H33N5O. The van der Waals surface area contributed by atoms with Gasteiger partial charge in [-0.25, -0.2) is 4.98 Å². The highest BCUT2D eigenvalue weighted by Gasteiger charge is 2.27. The number of nitrogens with zero attached hydrogens (tertiary/aromatic N) is 5. The van der Waals surface area contributed by atoms with Gasteiger partial charge in [-0.15, -0.1) is 0 Å². The van der Waals surface area contributed by atoms with Crippen molar-refractivity contribution in [3.8, 4) is 0 Å². The van der Waals surface area contributed by atoms with Crippen molar-refractivity contribution in [1.82, 2.24) is 19.4 Å². The van der Waals surface area contributed by atoms with E-state index in [1.807, 2.05) is 11.0 Å². The molecule has 0 saturated carbocycles. The quantitative estimate of drug-likeness (QED) is 0.437. The lowest BCUT2D eigenvalue weighted by atomic mass is 10.00. The predicted octanol–water partition coefficient (Wildman–Crippen LogP) is 4.34. The minimum absolute atomic E-state index is 0.0390. The maximum atomic E-state index is 13.6. The van der Waals surface area contributed by atoms with Crippen LogP contribution in [-0.2, 0) is 19.5 Å². The molecule has 2 aromatic heterocycles. The Hall–Kier alpha value is -3.64. The number of benzene rings is 2. The van der Waals surface area contributed by atoms with E-state index in [1.54, 1.807) is 0 Å². The maximum Gasteiger partial charge on any atom is 0.272 e. The summed E-state index contributed by atoms with van der Waals surface area (Å²) in [6.07, 6.45) is 0.981. The highest BCUT2D eigenvalue weighted by molar-refractivity contribution is 6.00. The average molecular weight is 480 g/mol. The lowest BCUT2D eigenvalue weighted by molar-refractivity contribution is 0.0658. The van der Waals surface area contributed by atoms with Gasteiger partial charge in [0, 0.05) is 56.9 Å². The van der Waals surface area contributed by atoms with Gasteiger partial charge in [0.2, 0.25) is 0 Å². The van der Waals surface area contributed by atoms with Crippen molar-refractivity contribution in [3.05, 3.63) is 94.8 Å². The van der Waals surface area contributed by atoms with Gasteiger partial charge in [0.25, 0.3) is 5.91 Å². The first-order valence-corrected chi connectivity index (χ1v) is 12.9. The molecule has 0 unspecified atom stereocenters. The number of fused-ring (bicyclic) bond motifs is 2. The van der Waals surface area contributed by atoms with Gasteiger partial charge in [-0.1, -0.05) is 54.6 Å². The smallest absolute Gasteiger partial charge is 0.272 e. The topological polar surface area (TPSA) is 44.6 Å². The molecule has 0 bridgehead atoms. The van der Waals surface area contributed by atoms with Gasteiger partial charge in [0.15, 0.2) is 5.82 Å². The largest absolute Gasteiger partial charge is 0.350 e. The fourth-order valence-electron chi connectivity index (χ4n) is 5.56. The predicted molar refractivity (Wildman–Crippen MR) is 145 cm³/mol. The van der Waals surface area contributed by atoms with E-state index in [-0.39, 0.29) is 5.91 Å². The Labute approximate surface area is 212 Å². The van der Waals surface area contributed by atoms with Crippen LogP contribution >= 0.6 is 0 Å². The van der Waals surface area contributed by atoms with Crippen LogP contribution < -0.4 is 4.90 Å². The van der Waals surface area contributed by atoms with Crippen molar-refractivity contribution in [2.45, 2.75) is 26.4 Å². The van der Waals surface area contributed by atoms with Crippen molar-refractivity contribution in [2.75, 3.05) is 44.7 Å². The van der Waals surface area contributed by atoms with Gasteiger partial charge in [-0.05, 0) is 49.2 Å². The molecule has 2 aliphatic heterocycles. The van der Waals surface area contributed by atoms with Crippen LogP contribution in [0.15, 0.2) is 66.7 Å². The number of carbonyl (C=O) groups excluding carboxylic acids is 1. The summed E-state index contributed by atoms with van der Waals surface area (Å²) in [4.78, 5) is 25.3. The molecule has 184 valence electrons. The second-order valence-corrected chi connectivity index (χ2v) is 10.2. The number of aryl methyl sites for hydroxylation is 1. The first-order valence-electron chi connectivity index (χ1n) is 12.9. The monoisotopic (exact) mass is 479 g/mol. The lowest BCUT2D eigenvalue weighted by Crippen LogP contribution is -2.47. The zero-order valence-electron chi connectivity index (χ0n) is 21.2. The van der Waals surface area contributed by atoms with E-state index in [9.17, 15) is 4.79 Å². The number of aromatic nitrogens is 2. The lowest BCUT2D eigenvalue weighted by Gasteiger charge is -2.33. The van der Waals surface area contributed by atoms with E-state index in [0.29, 0.717) is 5.69 Å². The van der Waals surface area contributed by atoms with Crippen molar-refractivity contribution in [2.24, 2.45) is 0 Å². The van der Waals surface area contributed by atoms with Gasteiger partial charge in [-0.2, -0.15) is 0 Å². The third-order valence-electron chi connectivity index (χ3n) is 7.69. The van der Waals surface area contributed by atoms with Crippen molar-refractivity contribution < 1.29 is 4.79 Å². The Morgan fingerprint density at radius 3 is 2.39 bits per heavy atom. The Bertz CT molecular complexity index is 1400. The number of anilines is 1. The van der Waals surface area contributed by atoms with E-state index in [1.165, 1.54) is 22.4 Å².